The number of hydrogen-bond acceptors (Lipinski definition) is 4. The number of ether oxygens (including phenoxy) is 1. The average Bonchev–Trinajstić information content (AvgIpc) is 3.08. The fourth-order valence-corrected chi connectivity index (χ4v) is 3.49. The number of amides is 2. The van der Waals surface area contributed by atoms with E-state index in [1.807, 2.05) is 27.7 Å². The van der Waals surface area contributed by atoms with Crippen molar-refractivity contribution in [2.45, 2.75) is 64.5 Å². The Kier molecular flexibility index (Phi) is 6.57. The van der Waals surface area contributed by atoms with Crippen molar-refractivity contribution in [3.05, 3.63) is 22.5 Å². The maximum atomic E-state index is 12.5. The standard InChI is InChI=1S/C19H29ClN4O3/c1-13-14(16(20)24(5)23-13)8-9-15(25)22-19(10-6-7-11-19)12-21-17(26)27-18(2,3)4/h8-9H,6-7,10-12H2,1-5H3,(H,21,26)(H,22,25). The fraction of sp³-hybridized carbons (Fsp3) is 0.632. The highest BCUT2D eigenvalue weighted by Crippen LogP contribution is 2.29. The first-order chi connectivity index (χ1) is 12.5. The van der Waals surface area contributed by atoms with Crippen LogP contribution >= 0.6 is 11.6 Å². The second kappa shape index (κ2) is 8.33. The lowest BCUT2D eigenvalue weighted by molar-refractivity contribution is -0.118. The van der Waals surface area contributed by atoms with Gasteiger partial charge in [0.05, 0.1) is 11.2 Å². The van der Waals surface area contributed by atoms with E-state index < -0.39 is 17.2 Å². The number of halogens is 1. The van der Waals surface area contributed by atoms with Crippen LogP contribution in [-0.2, 0) is 16.6 Å². The zero-order valence-corrected chi connectivity index (χ0v) is 17.4. The van der Waals surface area contributed by atoms with E-state index in [1.165, 1.54) is 6.08 Å². The molecule has 0 aromatic carbocycles. The summed E-state index contributed by atoms with van der Waals surface area (Å²) in [4.78, 5) is 24.4. The molecule has 8 heteroatoms. The summed E-state index contributed by atoms with van der Waals surface area (Å²) < 4.78 is 6.85. The smallest absolute Gasteiger partial charge is 0.407 e. The molecule has 0 aliphatic heterocycles. The van der Waals surface area contributed by atoms with E-state index >= 15 is 0 Å². The summed E-state index contributed by atoms with van der Waals surface area (Å²) >= 11 is 6.19. The minimum Gasteiger partial charge on any atom is -0.444 e. The van der Waals surface area contributed by atoms with Gasteiger partial charge in [0.15, 0.2) is 0 Å². The third kappa shape index (κ3) is 5.99. The molecule has 1 aliphatic carbocycles. The van der Waals surface area contributed by atoms with Gasteiger partial charge in [0.25, 0.3) is 0 Å². The molecule has 1 saturated carbocycles. The first-order valence-corrected chi connectivity index (χ1v) is 9.55. The summed E-state index contributed by atoms with van der Waals surface area (Å²) in [6, 6.07) is 0. The Morgan fingerprint density at radius 1 is 1.33 bits per heavy atom. The van der Waals surface area contributed by atoms with Gasteiger partial charge in [-0.3, -0.25) is 9.48 Å². The van der Waals surface area contributed by atoms with Crippen LogP contribution in [0.25, 0.3) is 6.08 Å². The van der Waals surface area contributed by atoms with Crippen LogP contribution in [-0.4, -0.2) is 39.5 Å². The molecule has 2 N–H and O–H groups in total. The molecule has 1 heterocycles. The first kappa shape index (κ1) is 21.3. The Hall–Kier alpha value is -2.02. The molecule has 1 aromatic heterocycles. The Balaban J connectivity index is 1.99. The molecule has 0 spiro atoms. The van der Waals surface area contributed by atoms with Crippen LogP contribution in [0, 0.1) is 6.92 Å². The highest BCUT2D eigenvalue weighted by molar-refractivity contribution is 6.31. The van der Waals surface area contributed by atoms with E-state index in [4.69, 9.17) is 16.3 Å². The highest BCUT2D eigenvalue weighted by Gasteiger charge is 2.35. The number of carbonyl (C=O) groups excluding carboxylic acids is 2. The Morgan fingerprint density at radius 3 is 2.48 bits per heavy atom. The number of aryl methyl sites for hydroxylation is 2. The molecule has 0 radical (unpaired) electrons. The molecule has 27 heavy (non-hydrogen) atoms. The summed E-state index contributed by atoms with van der Waals surface area (Å²) in [5, 5.41) is 10.6. The van der Waals surface area contributed by atoms with Crippen molar-refractivity contribution in [3.8, 4) is 0 Å². The molecule has 1 aliphatic rings. The Morgan fingerprint density at radius 2 is 1.96 bits per heavy atom. The normalized spacial score (nSPS) is 16.5. The molecule has 150 valence electrons. The molecule has 1 fully saturated rings. The van der Waals surface area contributed by atoms with Gasteiger partial charge in [-0.05, 0) is 46.6 Å². The summed E-state index contributed by atoms with van der Waals surface area (Å²) in [5.74, 6) is -0.220. The quantitative estimate of drug-likeness (QED) is 0.747. The van der Waals surface area contributed by atoms with Crippen LogP contribution in [0.1, 0.15) is 57.7 Å². The van der Waals surface area contributed by atoms with Gasteiger partial charge in [-0.25, -0.2) is 4.79 Å². The maximum absolute atomic E-state index is 12.5. The highest BCUT2D eigenvalue weighted by atomic mass is 35.5. The zero-order valence-electron chi connectivity index (χ0n) is 16.7. The summed E-state index contributed by atoms with van der Waals surface area (Å²) in [5.41, 5.74) is 0.474. The van der Waals surface area contributed by atoms with E-state index in [0.29, 0.717) is 11.7 Å². The van der Waals surface area contributed by atoms with Gasteiger partial charge >= 0.3 is 6.09 Å². The number of nitrogens with one attached hydrogen (secondary N) is 2. The monoisotopic (exact) mass is 396 g/mol. The van der Waals surface area contributed by atoms with E-state index in [2.05, 4.69) is 15.7 Å². The number of hydrogen-bond donors (Lipinski definition) is 2. The maximum Gasteiger partial charge on any atom is 0.407 e. The van der Waals surface area contributed by atoms with E-state index in [9.17, 15) is 9.59 Å². The molecule has 0 bridgehead atoms. The van der Waals surface area contributed by atoms with Gasteiger partial charge in [-0.2, -0.15) is 5.10 Å². The predicted molar refractivity (Wildman–Crippen MR) is 106 cm³/mol. The fourth-order valence-electron chi connectivity index (χ4n) is 3.25. The lowest BCUT2D eigenvalue weighted by atomic mass is 9.97. The van der Waals surface area contributed by atoms with Crippen molar-refractivity contribution in [2.24, 2.45) is 7.05 Å². The molecule has 1 aromatic rings. The van der Waals surface area contributed by atoms with Crippen molar-refractivity contribution >= 4 is 29.7 Å². The van der Waals surface area contributed by atoms with Crippen molar-refractivity contribution in [1.82, 2.24) is 20.4 Å². The van der Waals surface area contributed by atoms with Gasteiger partial charge in [-0.15, -0.1) is 0 Å². The minimum absolute atomic E-state index is 0.220. The Labute approximate surface area is 165 Å². The molecule has 2 amide bonds. The van der Waals surface area contributed by atoms with Crippen LogP contribution in [0.2, 0.25) is 5.15 Å². The third-order valence-corrected chi connectivity index (χ3v) is 4.96. The third-order valence-electron chi connectivity index (χ3n) is 4.52. The molecule has 0 unspecified atom stereocenters. The van der Waals surface area contributed by atoms with Crippen LogP contribution in [0.4, 0.5) is 4.79 Å². The van der Waals surface area contributed by atoms with Crippen LogP contribution in [0.3, 0.4) is 0 Å². The van der Waals surface area contributed by atoms with Crippen molar-refractivity contribution < 1.29 is 14.3 Å². The largest absolute Gasteiger partial charge is 0.444 e. The second-order valence-corrected chi connectivity index (χ2v) is 8.44. The lowest BCUT2D eigenvalue weighted by Gasteiger charge is -2.30. The average molecular weight is 397 g/mol. The van der Waals surface area contributed by atoms with Crippen molar-refractivity contribution in [3.63, 3.8) is 0 Å². The summed E-state index contributed by atoms with van der Waals surface area (Å²) in [6.45, 7) is 7.63. The second-order valence-electron chi connectivity index (χ2n) is 8.08. The lowest BCUT2D eigenvalue weighted by Crippen LogP contribution is -2.54. The van der Waals surface area contributed by atoms with E-state index in [-0.39, 0.29) is 5.91 Å². The van der Waals surface area contributed by atoms with Gasteiger partial charge in [0, 0.05) is 25.2 Å². The summed E-state index contributed by atoms with van der Waals surface area (Å²) in [7, 11) is 1.75. The van der Waals surface area contributed by atoms with Gasteiger partial charge in [0.1, 0.15) is 10.8 Å². The van der Waals surface area contributed by atoms with E-state index in [1.54, 1.807) is 17.8 Å². The molecule has 7 nitrogen and oxygen atoms in total. The number of alkyl carbamates (subject to hydrolysis) is 1. The summed E-state index contributed by atoms with van der Waals surface area (Å²) in [6.07, 6.45) is 6.30. The predicted octanol–water partition coefficient (Wildman–Crippen LogP) is 3.35. The number of nitrogens with zero attached hydrogens (tertiary/aromatic N) is 2. The van der Waals surface area contributed by atoms with Crippen molar-refractivity contribution in [1.29, 1.82) is 0 Å². The molecular weight excluding hydrogens is 368 g/mol. The first-order valence-electron chi connectivity index (χ1n) is 9.17. The van der Waals surface area contributed by atoms with Crippen LogP contribution < -0.4 is 10.6 Å². The van der Waals surface area contributed by atoms with E-state index in [0.717, 1.165) is 36.9 Å². The van der Waals surface area contributed by atoms with Gasteiger partial charge in [0.2, 0.25) is 5.91 Å². The number of aromatic nitrogens is 2. The molecular formula is C19H29ClN4O3. The van der Waals surface area contributed by atoms with Gasteiger partial charge < -0.3 is 15.4 Å². The van der Waals surface area contributed by atoms with Crippen LogP contribution in [0.15, 0.2) is 6.08 Å². The number of carbonyl (C=O) groups is 2. The minimum atomic E-state index is -0.556. The van der Waals surface area contributed by atoms with Crippen molar-refractivity contribution in [2.75, 3.05) is 6.54 Å². The van der Waals surface area contributed by atoms with Crippen LogP contribution in [0.5, 0.6) is 0 Å². The molecule has 0 atom stereocenters. The molecule has 0 saturated heterocycles. The number of rotatable bonds is 5. The SMILES string of the molecule is Cc1nn(C)c(Cl)c1C=CC(=O)NC1(CNC(=O)OC(C)(C)C)CCCC1. The Bertz CT molecular complexity index is 728. The van der Waals surface area contributed by atoms with Gasteiger partial charge in [-0.1, -0.05) is 24.4 Å². The topological polar surface area (TPSA) is 85.3 Å². The zero-order chi connectivity index (χ0) is 20.2. The molecule has 2 rings (SSSR count).